The number of methoxy groups -OCH3 is 1. The molecule has 21 heavy (non-hydrogen) atoms. The van der Waals surface area contributed by atoms with Crippen LogP contribution in [0.1, 0.15) is 21.9 Å². The molecule has 0 unspecified atom stereocenters. The van der Waals surface area contributed by atoms with E-state index in [0.717, 1.165) is 0 Å². The summed E-state index contributed by atoms with van der Waals surface area (Å²) >= 11 is 1.42. The summed E-state index contributed by atoms with van der Waals surface area (Å²) in [4.78, 5) is 28.8. The number of ether oxygens (including phenoxy) is 1. The number of carbonyl (C=O) groups is 1. The highest BCUT2D eigenvalue weighted by atomic mass is 32.1. The van der Waals surface area contributed by atoms with Crippen LogP contribution < -0.4 is 5.56 Å². The molecule has 3 aromatic heterocycles. The van der Waals surface area contributed by atoms with Crippen molar-refractivity contribution in [2.24, 2.45) is 0 Å². The summed E-state index contributed by atoms with van der Waals surface area (Å²) in [5.74, 6) is 0.516. The van der Waals surface area contributed by atoms with Gasteiger partial charge in [-0.05, 0) is 24.4 Å². The molecular weight excluding hydrogens is 292 g/mol. The van der Waals surface area contributed by atoms with Crippen molar-refractivity contribution in [3.05, 3.63) is 51.3 Å². The van der Waals surface area contributed by atoms with E-state index in [1.54, 1.807) is 19.1 Å². The van der Waals surface area contributed by atoms with Gasteiger partial charge in [-0.3, -0.25) is 9.36 Å². The fourth-order valence-electron chi connectivity index (χ4n) is 2.11. The molecule has 0 spiro atoms. The second-order valence-electron chi connectivity index (χ2n) is 4.49. The molecule has 0 aliphatic rings. The van der Waals surface area contributed by atoms with Gasteiger partial charge in [0.15, 0.2) is 0 Å². The maximum atomic E-state index is 12.3. The molecule has 3 aromatic rings. The van der Waals surface area contributed by atoms with Crippen molar-refractivity contribution in [3.63, 3.8) is 0 Å². The van der Waals surface area contributed by atoms with Crippen LogP contribution in [0.2, 0.25) is 0 Å². The molecule has 6 nitrogen and oxygen atoms in total. The minimum atomic E-state index is -0.457. The maximum absolute atomic E-state index is 12.3. The Hall–Kier alpha value is -2.41. The van der Waals surface area contributed by atoms with E-state index in [1.165, 1.54) is 29.3 Å². The monoisotopic (exact) mass is 304 g/mol. The highest BCUT2D eigenvalue weighted by molar-refractivity contribution is 7.16. The van der Waals surface area contributed by atoms with Crippen LogP contribution >= 0.6 is 11.3 Å². The standard InChI is InChI=1S/C14H12N2O4S/c1-8-11(14(18)19-2)5-9(20-8)6-16-7-15-12-10(13(16)17)3-4-21-12/h3-5,7H,6H2,1-2H3. The van der Waals surface area contributed by atoms with Crippen LogP contribution in [0.25, 0.3) is 10.2 Å². The van der Waals surface area contributed by atoms with Crippen molar-refractivity contribution in [2.45, 2.75) is 13.5 Å². The Labute approximate surface area is 123 Å². The zero-order valence-electron chi connectivity index (χ0n) is 11.5. The van der Waals surface area contributed by atoms with Gasteiger partial charge in [0.25, 0.3) is 5.56 Å². The zero-order chi connectivity index (χ0) is 15.0. The first-order valence-electron chi connectivity index (χ1n) is 6.20. The molecule has 3 heterocycles. The van der Waals surface area contributed by atoms with Gasteiger partial charge in [-0.2, -0.15) is 0 Å². The SMILES string of the molecule is COC(=O)c1cc(Cn2cnc3sccc3c2=O)oc1C. The topological polar surface area (TPSA) is 74.3 Å². The lowest BCUT2D eigenvalue weighted by Gasteiger charge is -2.02. The van der Waals surface area contributed by atoms with Crippen molar-refractivity contribution < 1.29 is 13.9 Å². The van der Waals surface area contributed by atoms with Crippen molar-refractivity contribution >= 4 is 27.5 Å². The largest absolute Gasteiger partial charge is 0.465 e. The van der Waals surface area contributed by atoms with Crippen molar-refractivity contribution in [3.8, 4) is 0 Å². The first-order chi connectivity index (χ1) is 10.1. The molecule has 0 saturated heterocycles. The van der Waals surface area contributed by atoms with Gasteiger partial charge in [0.05, 0.1) is 25.4 Å². The number of hydrogen-bond donors (Lipinski definition) is 0. The Bertz CT molecular complexity index is 875. The van der Waals surface area contributed by atoms with E-state index in [1.807, 2.05) is 5.38 Å². The van der Waals surface area contributed by atoms with Gasteiger partial charge in [0.1, 0.15) is 21.9 Å². The molecule has 0 amide bonds. The smallest absolute Gasteiger partial charge is 0.341 e. The summed E-state index contributed by atoms with van der Waals surface area (Å²) < 4.78 is 11.6. The highest BCUT2D eigenvalue weighted by Gasteiger charge is 2.16. The fraction of sp³-hybridized carbons (Fsp3) is 0.214. The minimum Gasteiger partial charge on any atom is -0.465 e. The molecule has 0 aliphatic carbocycles. The summed E-state index contributed by atoms with van der Waals surface area (Å²) in [6.45, 7) is 1.90. The van der Waals surface area contributed by atoms with Crippen LogP contribution in [0.3, 0.4) is 0 Å². The molecule has 0 aromatic carbocycles. The quantitative estimate of drug-likeness (QED) is 0.693. The van der Waals surface area contributed by atoms with E-state index in [2.05, 4.69) is 9.72 Å². The fourth-order valence-corrected chi connectivity index (χ4v) is 2.83. The number of aryl methyl sites for hydroxylation is 1. The molecule has 0 aliphatic heterocycles. The lowest BCUT2D eigenvalue weighted by Crippen LogP contribution is -2.20. The molecule has 0 saturated carbocycles. The average molecular weight is 304 g/mol. The Morgan fingerprint density at radius 3 is 3.10 bits per heavy atom. The van der Waals surface area contributed by atoms with E-state index in [0.29, 0.717) is 27.3 Å². The molecule has 0 atom stereocenters. The number of hydrogen-bond acceptors (Lipinski definition) is 6. The van der Waals surface area contributed by atoms with Gasteiger partial charge in [-0.15, -0.1) is 11.3 Å². The number of carbonyl (C=O) groups excluding carboxylic acids is 1. The summed E-state index contributed by atoms with van der Waals surface area (Å²) in [6, 6.07) is 3.34. The van der Waals surface area contributed by atoms with E-state index >= 15 is 0 Å². The lowest BCUT2D eigenvalue weighted by atomic mass is 10.2. The molecule has 0 radical (unpaired) electrons. The van der Waals surface area contributed by atoms with E-state index in [9.17, 15) is 9.59 Å². The summed E-state index contributed by atoms with van der Waals surface area (Å²) in [5.41, 5.74) is 0.236. The Balaban J connectivity index is 1.97. The van der Waals surface area contributed by atoms with Gasteiger partial charge in [0, 0.05) is 0 Å². The van der Waals surface area contributed by atoms with Crippen LogP contribution in [-0.2, 0) is 11.3 Å². The summed E-state index contributed by atoms with van der Waals surface area (Å²) in [6.07, 6.45) is 1.48. The summed E-state index contributed by atoms with van der Waals surface area (Å²) in [7, 11) is 1.31. The maximum Gasteiger partial charge on any atom is 0.341 e. The molecule has 108 valence electrons. The first-order valence-corrected chi connectivity index (χ1v) is 7.08. The zero-order valence-corrected chi connectivity index (χ0v) is 12.3. The normalized spacial score (nSPS) is 11.0. The van der Waals surface area contributed by atoms with Crippen LogP contribution in [-0.4, -0.2) is 22.6 Å². The van der Waals surface area contributed by atoms with Crippen LogP contribution in [0.5, 0.6) is 0 Å². The molecular formula is C14H12N2O4S. The van der Waals surface area contributed by atoms with Crippen molar-refractivity contribution in [1.29, 1.82) is 0 Å². The summed E-state index contributed by atoms with van der Waals surface area (Å²) in [5, 5.41) is 2.41. The Morgan fingerprint density at radius 1 is 1.52 bits per heavy atom. The molecule has 7 heteroatoms. The highest BCUT2D eigenvalue weighted by Crippen LogP contribution is 2.17. The van der Waals surface area contributed by atoms with Gasteiger partial charge < -0.3 is 9.15 Å². The second-order valence-corrected chi connectivity index (χ2v) is 5.39. The lowest BCUT2D eigenvalue weighted by molar-refractivity contribution is 0.0599. The second kappa shape index (κ2) is 5.17. The average Bonchev–Trinajstić information content (AvgIpc) is 3.08. The van der Waals surface area contributed by atoms with Crippen LogP contribution in [0.15, 0.2) is 33.1 Å². The predicted molar refractivity (Wildman–Crippen MR) is 77.8 cm³/mol. The Kier molecular flexibility index (Phi) is 3.34. The van der Waals surface area contributed by atoms with Gasteiger partial charge in [0.2, 0.25) is 0 Å². The van der Waals surface area contributed by atoms with Gasteiger partial charge in [-0.25, -0.2) is 9.78 Å². The number of furan rings is 1. The number of rotatable bonds is 3. The van der Waals surface area contributed by atoms with Crippen molar-refractivity contribution in [2.75, 3.05) is 7.11 Å². The van der Waals surface area contributed by atoms with Crippen LogP contribution in [0, 0.1) is 6.92 Å². The van der Waals surface area contributed by atoms with E-state index in [-0.39, 0.29) is 12.1 Å². The number of fused-ring (bicyclic) bond motifs is 1. The molecule has 0 bridgehead atoms. The first kappa shape index (κ1) is 13.6. The molecule has 0 N–H and O–H groups in total. The molecule has 0 fully saturated rings. The number of nitrogens with zero attached hydrogens (tertiary/aromatic N) is 2. The number of thiophene rings is 1. The molecule has 3 rings (SSSR count). The van der Waals surface area contributed by atoms with Crippen molar-refractivity contribution in [1.82, 2.24) is 9.55 Å². The third-order valence-corrected chi connectivity index (χ3v) is 3.97. The Morgan fingerprint density at radius 2 is 2.33 bits per heavy atom. The number of esters is 1. The predicted octanol–water partition coefficient (Wildman–Crippen LogP) is 2.19. The van der Waals surface area contributed by atoms with E-state index < -0.39 is 5.97 Å². The van der Waals surface area contributed by atoms with Crippen LogP contribution in [0.4, 0.5) is 0 Å². The van der Waals surface area contributed by atoms with Gasteiger partial charge in [-0.1, -0.05) is 0 Å². The number of aromatic nitrogens is 2. The third kappa shape index (κ3) is 2.36. The van der Waals surface area contributed by atoms with E-state index in [4.69, 9.17) is 4.42 Å². The minimum absolute atomic E-state index is 0.130. The third-order valence-electron chi connectivity index (χ3n) is 3.15. The van der Waals surface area contributed by atoms with Gasteiger partial charge >= 0.3 is 5.97 Å².